The quantitative estimate of drug-likeness (QED) is 0.804. The van der Waals surface area contributed by atoms with Gasteiger partial charge in [-0.15, -0.1) is 0 Å². The molecular weight excluding hydrogens is 329 g/mol. The highest BCUT2D eigenvalue weighted by Crippen LogP contribution is 2.28. The van der Waals surface area contributed by atoms with Gasteiger partial charge in [-0.2, -0.15) is 13.2 Å². The summed E-state index contributed by atoms with van der Waals surface area (Å²) in [6.45, 7) is 0.0982. The second-order valence-corrected chi connectivity index (χ2v) is 4.79. The molecule has 0 saturated carbocycles. The molecule has 108 valence electrons. The summed E-state index contributed by atoms with van der Waals surface area (Å²) in [7, 11) is 0. The number of rotatable bonds is 6. The Kier molecular flexibility index (Phi) is 6.09. The van der Waals surface area contributed by atoms with Crippen molar-refractivity contribution in [2.24, 2.45) is 0 Å². The van der Waals surface area contributed by atoms with Crippen LogP contribution in [0.3, 0.4) is 0 Å². The Morgan fingerprint density at radius 3 is 2.58 bits per heavy atom. The van der Waals surface area contributed by atoms with Crippen LogP contribution in [0.2, 0.25) is 0 Å². The van der Waals surface area contributed by atoms with Crippen molar-refractivity contribution in [3.8, 4) is 5.75 Å². The fourth-order valence-corrected chi connectivity index (χ4v) is 1.75. The topological polar surface area (TPSA) is 38.7 Å². The van der Waals surface area contributed by atoms with Gasteiger partial charge < -0.3 is 14.6 Å². The minimum atomic E-state index is -4.33. The minimum absolute atomic E-state index is 0.0164. The van der Waals surface area contributed by atoms with Crippen LogP contribution >= 0.6 is 15.9 Å². The molecule has 0 heterocycles. The lowest BCUT2D eigenvalue weighted by atomic mass is 10.1. The van der Waals surface area contributed by atoms with Crippen molar-refractivity contribution in [3.05, 3.63) is 28.2 Å². The summed E-state index contributed by atoms with van der Waals surface area (Å²) in [5.41, 5.74) is 0.560. The van der Waals surface area contributed by atoms with E-state index in [1.165, 1.54) is 0 Å². The molecule has 0 bridgehead atoms. The molecule has 0 aromatic heterocycles. The zero-order valence-corrected chi connectivity index (χ0v) is 11.8. The lowest BCUT2D eigenvalue weighted by molar-refractivity contribution is -0.175. The molecule has 1 aromatic carbocycles. The van der Waals surface area contributed by atoms with Gasteiger partial charge in [0.05, 0.1) is 12.7 Å². The van der Waals surface area contributed by atoms with Crippen LogP contribution in [-0.4, -0.2) is 31.1 Å². The van der Waals surface area contributed by atoms with Gasteiger partial charge in [0.1, 0.15) is 19.0 Å². The molecule has 3 nitrogen and oxygen atoms in total. The van der Waals surface area contributed by atoms with E-state index in [1.54, 1.807) is 25.1 Å². The Morgan fingerprint density at radius 1 is 1.32 bits per heavy atom. The molecule has 0 aliphatic rings. The van der Waals surface area contributed by atoms with Crippen molar-refractivity contribution < 1.29 is 27.8 Å². The van der Waals surface area contributed by atoms with Gasteiger partial charge in [0.25, 0.3) is 0 Å². The van der Waals surface area contributed by atoms with E-state index < -0.39 is 18.9 Å². The second kappa shape index (κ2) is 7.12. The first-order valence-electron chi connectivity index (χ1n) is 5.54. The summed E-state index contributed by atoms with van der Waals surface area (Å²) in [6.07, 6.45) is -5.06. The maximum Gasteiger partial charge on any atom is 0.411 e. The van der Waals surface area contributed by atoms with Crippen molar-refractivity contribution in [2.45, 2.75) is 19.2 Å². The third-order valence-electron chi connectivity index (χ3n) is 2.17. The zero-order valence-electron chi connectivity index (χ0n) is 10.2. The first-order valence-corrected chi connectivity index (χ1v) is 6.33. The van der Waals surface area contributed by atoms with E-state index in [4.69, 9.17) is 4.74 Å². The average molecular weight is 343 g/mol. The Morgan fingerprint density at radius 2 is 2.00 bits per heavy atom. The zero-order chi connectivity index (χ0) is 14.5. The first-order chi connectivity index (χ1) is 8.79. The number of halogens is 4. The molecule has 0 amide bonds. The largest absolute Gasteiger partial charge is 0.491 e. The van der Waals surface area contributed by atoms with Gasteiger partial charge in [0.2, 0.25) is 0 Å². The standard InChI is InChI=1S/C12H14BrF3O3/c1-8(17)10-6-9(13)2-3-11(10)19-5-4-18-7-12(14,15)16/h2-3,6,8,17H,4-5,7H2,1H3/t8-/m1/s1. The Balaban J connectivity index is 2.45. The summed E-state index contributed by atoms with van der Waals surface area (Å²) in [4.78, 5) is 0. The number of ether oxygens (including phenoxy) is 2. The minimum Gasteiger partial charge on any atom is -0.491 e. The lowest BCUT2D eigenvalue weighted by Gasteiger charge is -2.14. The Labute approximate surface area is 117 Å². The predicted molar refractivity (Wildman–Crippen MR) is 67.1 cm³/mol. The number of hydrogen-bond donors (Lipinski definition) is 1. The van der Waals surface area contributed by atoms with Gasteiger partial charge in [-0.1, -0.05) is 15.9 Å². The molecule has 1 N–H and O–H groups in total. The van der Waals surface area contributed by atoms with Crippen molar-refractivity contribution >= 4 is 15.9 Å². The monoisotopic (exact) mass is 342 g/mol. The van der Waals surface area contributed by atoms with Crippen LogP contribution in [0, 0.1) is 0 Å². The highest BCUT2D eigenvalue weighted by atomic mass is 79.9. The maximum atomic E-state index is 11.8. The van der Waals surface area contributed by atoms with E-state index in [9.17, 15) is 18.3 Å². The van der Waals surface area contributed by atoms with E-state index in [0.717, 1.165) is 4.47 Å². The molecule has 1 rings (SSSR count). The molecule has 19 heavy (non-hydrogen) atoms. The Bertz CT molecular complexity index is 408. The second-order valence-electron chi connectivity index (χ2n) is 3.87. The van der Waals surface area contributed by atoms with Crippen LogP contribution in [0.1, 0.15) is 18.6 Å². The molecule has 0 aliphatic carbocycles. The Hall–Kier alpha value is -0.790. The van der Waals surface area contributed by atoms with Crippen molar-refractivity contribution in [3.63, 3.8) is 0 Å². The molecular formula is C12H14BrF3O3. The maximum absolute atomic E-state index is 11.8. The van der Waals surface area contributed by atoms with Crippen molar-refractivity contribution in [2.75, 3.05) is 19.8 Å². The van der Waals surface area contributed by atoms with Crippen LogP contribution in [0.25, 0.3) is 0 Å². The van der Waals surface area contributed by atoms with E-state index in [-0.39, 0.29) is 13.2 Å². The summed E-state index contributed by atoms with van der Waals surface area (Å²) >= 11 is 3.26. The van der Waals surface area contributed by atoms with Crippen molar-refractivity contribution in [1.82, 2.24) is 0 Å². The molecule has 0 fully saturated rings. The molecule has 1 aromatic rings. The normalized spacial score (nSPS) is 13.4. The molecule has 0 spiro atoms. The predicted octanol–water partition coefficient (Wildman–Crippen LogP) is 3.46. The third-order valence-corrected chi connectivity index (χ3v) is 2.67. The van der Waals surface area contributed by atoms with Crippen LogP contribution in [0.15, 0.2) is 22.7 Å². The van der Waals surface area contributed by atoms with Gasteiger partial charge in [0, 0.05) is 10.0 Å². The van der Waals surface area contributed by atoms with Crippen LogP contribution in [-0.2, 0) is 4.74 Å². The van der Waals surface area contributed by atoms with Crippen LogP contribution < -0.4 is 4.74 Å². The SMILES string of the molecule is C[C@@H](O)c1cc(Br)ccc1OCCOCC(F)(F)F. The summed E-state index contributed by atoms with van der Waals surface area (Å²) < 4.78 is 45.9. The van der Waals surface area contributed by atoms with Crippen LogP contribution in [0.5, 0.6) is 5.75 Å². The van der Waals surface area contributed by atoms with Gasteiger partial charge in [-0.25, -0.2) is 0 Å². The molecule has 0 aliphatic heterocycles. The van der Waals surface area contributed by atoms with Gasteiger partial charge in [0.15, 0.2) is 0 Å². The lowest BCUT2D eigenvalue weighted by Crippen LogP contribution is -2.19. The number of benzene rings is 1. The third kappa shape index (κ3) is 6.26. The number of hydrogen-bond acceptors (Lipinski definition) is 3. The molecule has 7 heteroatoms. The van der Waals surface area contributed by atoms with Gasteiger partial charge in [-0.3, -0.25) is 0 Å². The van der Waals surface area contributed by atoms with Crippen LogP contribution in [0.4, 0.5) is 13.2 Å². The van der Waals surface area contributed by atoms with E-state index >= 15 is 0 Å². The first kappa shape index (κ1) is 16.3. The highest BCUT2D eigenvalue weighted by molar-refractivity contribution is 9.10. The van der Waals surface area contributed by atoms with Gasteiger partial charge >= 0.3 is 6.18 Å². The molecule has 0 saturated heterocycles. The molecule has 0 unspecified atom stereocenters. The van der Waals surface area contributed by atoms with E-state index in [2.05, 4.69) is 20.7 Å². The van der Waals surface area contributed by atoms with Crippen molar-refractivity contribution in [1.29, 1.82) is 0 Å². The fraction of sp³-hybridized carbons (Fsp3) is 0.500. The smallest absolute Gasteiger partial charge is 0.411 e. The fourth-order valence-electron chi connectivity index (χ4n) is 1.38. The van der Waals surface area contributed by atoms with E-state index in [1.807, 2.05) is 0 Å². The number of aliphatic hydroxyl groups is 1. The summed E-state index contributed by atoms with van der Waals surface area (Å²) in [6, 6.07) is 5.05. The number of aliphatic hydroxyl groups excluding tert-OH is 1. The molecule has 0 radical (unpaired) electrons. The summed E-state index contributed by atoms with van der Waals surface area (Å²) in [5.74, 6) is 0.425. The van der Waals surface area contributed by atoms with Gasteiger partial charge in [-0.05, 0) is 25.1 Å². The molecule has 1 atom stereocenters. The summed E-state index contributed by atoms with van der Waals surface area (Å²) in [5, 5.41) is 9.56. The highest BCUT2D eigenvalue weighted by Gasteiger charge is 2.27. The number of alkyl halides is 3. The van der Waals surface area contributed by atoms with E-state index in [0.29, 0.717) is 11.3 Å². The average Bonchev–Trinajstić information content (AvgIpc) is 2.28.